The first-order chi connectivity index (χ1) is 8.14. The lowest BCUT2D eigenvalue weighted by atomic mass is 9.95. The Labute approximate surface area is 100 Å². The molecule has 0 aromatic heterocycles. The zero-order valence-electron chi connectivity index (χ0n) is 10.0. The van der Waals surface area contributed by atoms with E-state index >= 15 is 0 Å². The first-order valence-corrected chi connectivity index (χ1v) is 5.69. The summed E-state index contributed by atoms with van der Waals surface area (Å²) in [6, 6.07) is 4.82. The Kier molecular flexibility index (Phi) is 2.96. The molecule has 4 heteroatoms. The number of aromatic hydroxyl groups is 1. The van der Waals surface area contributed by atoms with Crippen molar-refractivity contribution in [1.29, 1.82) is 0 Å². The molecule has 4 nitrogen and oxygen atoms in total. The molecular weight excluding hydrogens is 220 g/mol. The quantitative estimate of drug-likeness (QED) is 0.812. The van der Waals surface area contributed by atoms with Crippen LogP contribution < -0.4 is 4.74 Å². The Bertz CT molecular complexity index is 435. The van der Waals surface area contributed by atoms with Crippen molar-refractivity contribution < 1.29 is 19.4 Å². The van der Waals surface area contributed by atoms with Crippen LogP contribution in [-0.2, 0) is 14.9 Å². The monoisotopic (exact) mass is 236 g/mol. The number of methoxy groups -OCH3 is 1. The summed E-state index contributed by atoms with van der Waals surface area (Å²) in [5, 5.41) is 9.40. The molecule has 0 atom stereocenters. The van der Waals surface area contributed by atoms with Gasteiger partial charge >= 0.3 is 5.97 Å². The SMILES string of the molecule is CCOC(=O)C1(c2ccc(O)cc2OC)CC1. The van der Waals surface area contributed by atoms with Crippen LogP contribution >= 0.6 is 0 Å². The maximum absolute atomic E-state index is 11.9. The van der Waals surface area contributed by atoms with Gasteiger partial charge in [-0.15, -0.1) is 0 Å². The van der Waals surface area contributed by atoms with Crippen molar-refractivity contribution in [2.75, 3.05) is 13.7 Å². The third kappa shape index (κ3) is 1.95. The first kappa shape index (κ1) is 11.8. The summed E-state index contributed by atoms with van der Waals surface area (Å²) >= 11 is 0. The van der Waals surface area contributed by atoms with Crippen LogP contribution in [0.1, 0.15) is 25.3 Å². The Morgan fingerprint density at radius 2 is 2.18 bits per heavy atom. The van der Waals surface area contributed by atoms with Gasteiger partial charge in [0, 0.05) is 11.6 Å². The molecule has 0 unspecified atom stereocenters. The number of phenols is 1. The normalized spacial score (nSPS) is 16.4. The van der Waals surface area contributed by atoms with Crippen LogP contribution in [0.4, 0.5) is 0 Å². The Morgan fingerprint density at radius 3 is 2.71 bits per heavy atom. The molecule has 1 aromatic rings. The van der Waals surface area contributed by atoms with Crippen molar-refractivity contribution >= 4 is 5.97 Å². The second-order valence-electron chi connectivity index (χ2n) is 4.19. The van der Waals surface area contributed by atoms with Gasteiger partial charge in [-0.2, -0.15) is 0 Å². The van der Waals surface area contributed by atoms with Gasteiger partial charge in [-0.05, 0) is 25.8 Å². The number of ether oxygens (including phenoxy) is 2. The molecule has 0 radical (unpaired) electrons. The number of phenolic OH excluding ortho intramolecular Hbond substituents is 1. The molecule has 1 fully saturated rings. The highest BCUT2D eigenvalue weighted by Crippen LogP contribution is 2.52. The third-order valence-corrected chi connectivity index (χ3v) is 3.12. The van der Waals surface area contributed by atoms with Gasteiger partial charge in [-0.1, -0.05) is 6.07 Å². The third-order valence-electron chi connectivity index (χ3n) is 3.12. The zero-order chi connectivity index (χ0) is 12.5. The van der Waals surface area contributed by atoms with E-state index in [2.05, 4.69) is 0 Å². The van der Waals surface area contributed by atoms with E-state index in [4.69, 9.17) is 9.47 Å². The predicted octanol–water partition coefficient (Wildman–Crippen LogP) is 2.00. The fourth-order valence-corrected chi connectivity index (χ4v) is 2.05. The van der Waals surface area contributed by atoms with Crippen molar-refractivity contribution in [1.82, 2.24) is 0 Å². The van der Waals surface area contributed by atoms with Crippen molar-refractivity contribution in [3.05, 3.63) is 23.8 Å². The van der Waals surface area contributed by atoms with Gasteiger partial charge < -0.3 is 14.6 Å². The maximum atomic E-state index is 11.9. The van der Waals surface area contributed by atoms with Crippen molar-refractivity contribution in [3.63, 3.8) is 0 Å². The number of hydrogen-bond acceptors (Lipinski definition) is 4. The van der Waals surface area contributed by atoms with Gasteiger partial charge in [0.15, 0.2) is 0 Å². The van der Waals surface area contributed by atoms with Crippen LogP contribution in [0, 0.1) is 0 Å². The molecule has 0 aliphatic heterocycles. The standard InChI is InChI=1S/C13H16O4/c1-3-17-12(15)13(6-7-13)10-5-4-9(14)8-11(10)16-2/h4-5,8,14H,3,6-7H2,1-2H3. The number of carbonyl (C=O) groups is 1. The highest BCUT2D eigenvalue weighted by molar-refractivity contribution is 5.87. The van der Waals surface area contributed by atoms with Crippen molar-refractivity contribution in [3.8, 4) is 11.5 Å². The summed E-state index contributed by atoms with van der Waals surface area (Å²) in [6.07, 6.45) is 1.54. The summed E-state index contributed by atoms with van der Waals surface area (Å²) in [5.74, 6) is 0.463. The highest BCUT2D eigenvalue weighted by Gasteiger charge is 2.54. The second kappa shape index (κ2) is 4.28. The molecule has 1 aliphatic rings. The second-order valence-corrected chi connectivity index (χ2v) is 4.19. The molecule has 17 heavy (non-hydrogen) atoms. The summed E-state index contributed by atoms with van der Waals surface area (Å²) in [5.41, 5.74) is 0.242. The first-order valence-electron chi connectivity index (χ1n) is 5.69. The van der Waals surface area contributed by atoms with E-state index in [1.165, 1.54) is 13.2 Å². The van der Waals surface area contributed by atoms with E-state index in [1.54, 1.807) is 19.1 Å². The topological polar surface area (TPSA) is 55.8 Å². The molecule has 2 rings (SSSR count). The minimum Gasteiger partial charge on any atom is -0.508 e. The van der Waals surface area contributed by atoms with Gasteiger partial charge in [-0.25, -0.2) is 0 Å². The largest absolute Gasteiger partial charge is 0.508 e. The fourth-order valence-electron chi connectivity index (χ4n) is 2.05. The van der Waals surface area contributed by atoms with Crippen LogP contribution in [-0.4, -0.2) is 24.8 Å². The molecule has 1 N–H and O–H groups in total. The minimum atomic E-state index is -0.560. The van der Waals surface area contributed by atoms with Crippen molar-refractivity contribution in [2.24, 2.45) is 0 Å². The van der Waals surface area contributed by atoms with Crippen LogP contribution in [0.3, 0.4) is 0 Å². The van der Waals surface area contributed by atoms with Crippen LogP contribution in [0.5, 0.6) is 11.5 Å². The molecule has 0 heterocycles. The number of benzene rings is 1. The molecular formula is C13H16O4. The average Bonchev–Trinajstić information content (AvgIpc) is 3.10. The minimum absolute atomic E-state index is 0.130. The van der Waals surface area contributed by atoms with E-state index in [0.717, 1.165) is 18.4 Å². The average molecular weight is 236 g/mol. The summed E-state index contributed by atoms with van der Waals surface area (Å²) < 4.78 is 10.3. The molecule has 92 valence electrons. The number of esters is 1. The smallest absolute Gasteiger partial charge is 0.316 e. The predicted molar refractivity (Wildman–Crippen MR) is 62.2 cm³/mol. The summed E-state index contributed by atoms with van der Waals surface area (Å²) in [6.45, 7) is 2.17. The number of rotatable bonds is 4. The summed E-state index contributed by atoms with van der Waals surface area (Å²) in [7, 11) is 1.53. The molecule has 1 saturated carbocycles. The number of hydrogen-bond donors (Lipinski definition) is 1. The highest BCUT2D eigenvalue weighted by atomic mass is 16.5. The van der Waals surface area contributed by atoms with Gasteiger partial charge in [0.25, 0.3) is 0 Å². The van der Waals surface area contributed by atoms with E-state index in [-0.39, 0.29) is 11.7 Å². The van der Waals surface area contributed by atoms with Gasteiger partial charge in [0.05, 0.1) is 19.1 Å². The van der Waals surface area contributed by atoms with Crippen LogP contribution in [0.25, 0.3) is 0 Å². The van der Waals surface area contributed by atoms with E-state index < -0.39 is 5.41 Å². The van der Waals surface area contributed by atoms with Gasteiger partial charge in [0.2, 0.25) is 0 Å². The zero-order valence-corrected chi connectivity index (χ0v) is 10.0. The number of carbonyl (C=O) groups excluding carboxylic acids is 1. The van der Waals surface area contributed by atoms with E-state index in [1.807, 2.05) is 0 Å². The molecule has 0 saturated heterocycles. The Morgan fingerprint density at radius 1 is 1.47 bits per heavy atom. The van der Waals surface area contributed by atoms with Gasteiger partial charge in [-0.3, -0.25) is 4.79 Å². The van der Waals surface area contributed by atoms with E-state index in [0.29, 0.717) is 12.4 Å². The van der Waals surface area contributed by atoms with E-state index in [9.17, 15) is 9.90 Å². The molecule has 1 aliphatic carbocycles. The lowest BCUT2D eigenvalue weighted by Crippen LogP contribution is -2.23. The van der Waals surface area contributed by atoms with Crippen LogP contribution in [0.2, 0.25) is 0 Å². The fraction of sp³-hybridized carbons (Fsp3) is 0.462. The molecule has 0 amide bonds. The Hall–Kier alpha value is -1.71. The molecule has 0 spiro atoms. The Balaban J connectivity index is 2.36. The molecule has 0 bridgehead atoms. The molecule has 1 aromatic carbocycles. The maximum Gasteiger partial charge on any atom is 0.316 e. The lowest BCUT2D eigenvalue weighted by Gasteiger charge is -2.17. The summed E-state index contributed by atoms with van der Waals surface area (Å²) in [4.78, 5) is 11.9. The van der Waals surface area contributed by atoms with Crippen molar-refractivity contribution in [2.45, 2.75) is 25.2 Å². The van der Waals surface area contributed by atoms with Crippen LogP contribution in [0.15, 0.2) is 18.2 Å². The lowest BCUT2D eigenvalue weighted by molar-refractivity contribution is -0.146. The van der Waals surface area contributed by atoms with Gasteiger partial charge in [0.1, 0.15) is 11.5 Å².